The monoisotopic (exact) mass is 153 g/mol. The van der Waals surface area contributed by atoms with Crippen LogP contribution in [0.3, 0.4) is 0 Å². The molecule has 0 aromatic heterocycles. The number of allylic oxidation sites excluding steroid dienone is 3. The highest BCUT2D eigenvalue weighted by molar-refractivity contribution is 5.54. The van der Waals surface area contributed by atoms with E-state index in [0.717, 1.165) is 0 Å². The van der Waals surface area contributed by atoms with Crippen LogP contribution in [-0.4, -0.2) is 6.21 Å². The van der Waals surface area contributed by atoms with E-state index in [1.165, 1.54) is 5.57 Å². The summed E-state index contributed by atoms with van der Waals surface area (Å²) in [5, 5.41) is 0. The Balaban J connectivity index is 0. The maximum Gasteiger partial charge on any atom is 0.0292 e. The van der Waals surface area contributed by atoms with Gasteiger partial charge in [0.05, 0.1) is 0 Å². The number of aliphatic imine (C=N–C) groups is 1. The van der Waals surface area contributed by atoms with Crippen molar-refractivity contribution >= 4 is 6.21 Å². The standard InChI is InChI=1S/C8H13N.C2H6/c1-4-6-8(3)7-9-5-2;1-2/h4-7H,1-3H3;1-2H3/b6-4-,8-7-,9-5?;. The van der Waals surface area contributed by atoms with E-state index < -0.39 is 0 Å². The maximum absolute atomic E-state index is 3.95. The fourth-order valence-corrected chi connectivity index (χ4v) is 0.498. The van der Waals surface area contributed by atoms with Crippen molar-refractivity contribution in [2.75, 3.05) is 0 Å². The second-order valence-electron chi connectivity index (χ2n) is 1.78. The summed E-state index contributed by atoms with van der Waals surface area (Å²) in [6.07, 6.45) is 7.62. The predicted octanol–water partition coefficient (Wildman–Crippen LogP) is 3.58. The first kappa shape index (κ1) is 12.8. The third-order valence-electron chi connectivity index (χ3n) is 0.857. The molecule has 0 unspecified atom stereocenters. The molecule has 0 saturated heterocycles. The van der Waals surface area contributed by atoms with Crippen molar-refractivity contribution in [3.05, 3.63) is 23.9 Å². The first-order valence-electron chi connectivity index (χ1n) is 4.08. The van der Waals surface area contributed by atoms with Gasteiger partial charge in [0, 0.05) is 12.4 Å². The fourth-order valence-electron chi connectivity index (χ4n) is 0.498. The minimum atomic E-state index is 1.18. The molecule has 0 radical (unpaired) electrons. The molecule has 0 spiro atoms. The second kappa shape index (κ2) is 11.9. The average molecular weight is 153 g/mol. The highest BCUT2D eigenvalue weighted by atomic mass is 14.7. The van der Waals surface area contributed by atoms with Crippen LogP contribution in [0.25, 0.3) is 0 Å². The zero-order valence-electron chi connectivity index (χ0n) is 8.26. The van der Waals surface area contributed by atoms with Crippen molar-refractivity contribution in [3.63, 3.8) is 0 Å². The minimum absolute atomic E-state index is 1.18. The summed E-state index contributed by atoms with van der Waals surface area (Å²) in [5.41, 5.74) is 1.18. The Kier molecular flexibility index (Phi) is 13.8. The Morgan fingerprint density at radius 2 is 1.73 bits per heavy atom. The van der Waals surface area contributed by atoms with Crippen LogP contribution in [0.1, 0.15) is 34.6 Å². The molecular formula is C10H19N. The molecule has 64 valence electrons. The lowest BCUT2D eigenvalue weighted by Crippen LogP contribution is -1.64. The summed E-state index contributed by atoms with van der Waals surface area (Å²) < 4.78 is 0. The molecule has 0 saturated carbocycles. The Hall–Kier alpha value is -0.850. The summed E-state index contributed by atoms with van der Waals surface area (Å²) in [6, 6.07) is 0. The van der Waals surface area contributed by atoms with E-state index >= 15 is 0 Å². The topological polar surface area (TPSA) is 12.4 Å². The van der Waals surface area contributed by atoms with E-state index in [4.69, 9.17) is 0 Å². The van der Waals surface area contributed by atoms with Crippen molar-refractivity contribution in [3.8, 4) is 0 Å². The molecule has 0 aliphatic rings. The highest BCUT2D eigenvalue weighted by Crippen LogP contribution is 1.93. The van der Waals surface area contributed by atoms with Crippen molar-refractivity contribution < 1.29 is 0 Å². The smallest absolute Gasteiger partial charge is 0.0292 e. The van der Waals surface area contributed by atoms with Gasteiger partial charge >= 0.3 is 0 Å². The summed E-state index contributed by atoms with van der Waals surface area (Å²) in [7, 11) is 0. The zero-order chi connectivity index (χ0) is 9.11. The van der Waals surface area contributed by atoms with Crippen LogP contribution in [0.4, 0.5) is 0 Å². The fraction of sp³-hybridized carbons (Fsp3) is 0.500. The molecule has 0 aliphatic carbocycles. The third-order valence-corrected chi connectivity index (χ3v) is 0.857. The van der Waals surface area contributed by atoms with Crippen molar-refractivity contribution in [2.45, 2.75) is 34.6 Å². The van der Waals surface area contributed by atoms with Crippen LogP contribution in [0, 0.1) is 0 Å². The average Bonchev–Trinajstić information content (AvgIpc) is 2.05. The van der Waals surface area contributed by atoms with Crippen LogP contribution in [0.2, 0.25) is 0 Å². The first-order valence-corrected chi connectivity index (χ1v) is 4.08. The predicted molar refractivity (Wildman–Crippen MR) is 54.1 cm³/mol. The van der Waals surface area contributed by atoms with Crippen LogP contribution in [-0.2, 0) is 0 Å². The van der Waals surface area contributed by atoms with Gasteiger partial charge in [-0.1, -0.05) is 26.0 Å². The summed E-state index contributed by atoms with van der Waals surface area (Å²) in [4.78, 5) is 3.95. The van der Waals surface area contributed by atoms with Gasteiger partial charge in [0.25, 0.3) is 0 Å². The van der Waals surface area contributed by atoms with Gasteiger partial charge in [-0.2, -0.15) is 0 Å². The lowest BCUT2D eigenvalue weighted by Gasteiger charge is -1.83. The Labute approximate surface area is 70.5 Å². The Bertz CT molecular complexity index is 141. The lowest BCUT2D eigenvalue weighted by atomic mass is 10.3. The van der Waals surface area contributed by atoms with E-state index in [0.29, 0.717) is 0 Å². The summed E-state index contributed by atoms with van der Waals surface area (Å²) in [6.45, 7) is 9.92. The van der Waals surface area contributed by atoms with Gasteiger partial charge in [0.2, 0.25) is 0 Å². The van der Waals surface area contributed by atoms with E-state index in [9.17, 15) is 0 Å². The molecular weight excluding hydrogens is 134 g/mol. The largest absolute Gasteiger partial charge is 0.269 e. The van der Waals surface area contributed by atoms with Crippen molar-refractivity contribution in [1.29, 1.82) is 0 Å². The highest BCUT2D eigenvalue weighted by Gasteiger charge is 1.73. The Morgan fingerprint density at radius 1 is 1.18 bits per heavy atom. The maximum atomic E-state index is 3.95. The van der Waals surface area contributed by atoms with E-state index in [-0.39, 0.29) is 0 Å². The van der Waals surface area contributed by atoms with Crippen molar-refractivity contribution in [2.24, 2.45) is 4.99 Å². The second-order valence-corrected chi connectivity index (χ2v) is 1.78. The van der Waals surface area contributed by atoms with Crippen LogP contribution < -0.4 is 0 Å². The lowest BCUT2D eigenvalue weighted by molar-refractivity contribution is 1.42. The van der Waals surface area contributed by atoms with Gasteiger partial charge in [0.15, 0.2) is 0 Å². The molecule has 0 heterocycles. The molecule has 0 atom stereocenters. The van der Waals surface area contributed by atoms with E-state index in [1.54, 1.807) is 6.21 Å². The van der Waals surface area contributed by atoms with E-state index in [2.05, 4.69) is 4.99 Å². The van der Waals surface area contributed by atoms with Crippen LogP contribution in [0.5, 0.6) is 0 Å². The van der Waals surface area contributed by atoms with Gasteiger partial charge in [-0.3, -0.25) is 4.99 Å². The third kappa shape index (κ3) is 12.4. The zero-order valence-corrected chi connectivity index (χ0v) is 8.26. The number of hydrogen-bond donors (Lipinski definition) is 0. The molecule has 0 bridgehead atoms. The van der Waals surface area contributed by atoms with Gasteiger partial charge < -0.3 is 0 Å². The number of hydrogen-bond acceptors (Lipinski definition) is 1. The first-order chi connectivity index (χ1) is 5.31. The molecule has 0 aromatic rings. The molecule has 0 fully saturated rings. The van der Waals surface area contributed by atoms with Crippen LogP contribution in [0.15, 0.2) is 28.9 Å². The molecule has 11 heavy (non-hydrogen) atoms. The normalized spacial score (nSPS) is 11.9. The molecule has 0 aromatic carbocycles. The quantitative estimate of drug-likeness (QED) is 0.424. The van der Waals surface area contributed by atoms with Gasteiger partial charge in [0.1, 0.15) is 0 Å². The van der Waals surface area contributed by atoms with Gasteiger partial charge in [-0.15, -0.1) is 0 Å². The molecule has 0 N–H and O–H groups in total. The number of nitrogens with zero attached hydrogens (tertiary/aromatic N) is 1. The molecule has 0 aliphatic heterocycles. The summed E-state index contributed by atoms with van der Waals surface area (Å²) >= 11 is 0. The van der Waals surface area contributed by atoms with Crippen molar-refractivity contribution in [1.82, 2.24) is 0 Å². The molecule has 1 nitrogen and oxygen atoms in total. The van der Waals surface area contributed by atoms with Gasteiger partial charge in [-0.25, -0.2) is 0 Å². The van der Waals surface area contributed by atoms with Gasteiger partial charge in [-0.05, 0) is 26.3 Å². The SMILES string of the molecule is CC.CC=N/C=C(C)\C=C/C. The van der Waals surface area contributed by atoms with Crippen LogP contribution >= 0.6 is 0 Å². The summed E-state index contributed by atoms with van der Waals surface area (Å²) in [5.74, 6) is 0. The molecule has 1 heteroatoms. The minimum Gasteiger partial charge on any atom is -0.269 e. The molecule has 0 amide bonds. The van der Waals surface area contributed by atoms with E-state index in [1.807, 2.05) is 53.0 Å². The number of rotatable bonds is 2. The Morgan fingerprint density at radius 3 is 2.09 bits per heavy atom. The molecule has 0 rings (SSSR count).